The minimum atomic E-state index is -0.473. The molecule has 3 heterocycles. The van der Waals surface area contributed by atoms with Gasteiger partial charge in [0.25, 0.3) is 0 Å². The lowest BCUT2D eigenvalue weighted by atomic mass is 10.2. The third kappa shape index (κ3) is 3.12. The van der Waals surface area contributed by atoms with E-state index in [1.54, 1.807) is 0 Å². The van der Waals surface area contributed by atoms with Crippen molar-refractivity contribution in [2.75, 3.05) is 18.9 Å². The zero-order chi connectivity index (χ0) is 19.0. The van der Waals surface area contributed by atoms with Crippen LogP contribution in [0.2, 0.25) is 0 Å². The first-order valence-corrected chi connectivity index (χ1v) is 9.45. The number of ether oxygens (including phenoxy) is 2. The van der Waals surface area contributed by atoms with Crippen molar-refractivity contribution in [2.24, 2.45) is 0 Å². The summed E-state index contributed by atoms with van der Waals surface area (Å²) in [5, 5.41) is 0. The molecule has 0 aliphatic carbocycles. The van der Waals surface area contributed by atoms with Gasteiger partial charge in [-0.05, 0) is 38.3 Å². The maximum absolute atomic E-state index is 12.9. The van der Waals surface area contributed by atoms with Crippen LogP contribution in [0, 0.1) is 0 Å². The first-order valence-electron chi connectivity index (χ1n) is 9.45. The van der Waals surface area contributed by atoms with E-state index in [2.05, 4.69) is 11.9 Å². The molecule has 0 radical (unpaired) electrons. The molecule has 0 spiro atoms. The third-order valence-corrected chi connectivity index (χ3v) is 5.19. The van der Waals surface area contributed by atoms with E-state index in [4.69, 9.17) is 20.2 Å². The van der Waals surface area contributed by atoms with E-state index in [0.29, 0.717) is 22.5 Å². The van der Waals surface area contributed by atoms with E-state index < -0.39 is 5.97 Å². The van der Waals surface area contributed by atoms with Crippen LogP contribution in [0.1, 0.15) is 49.5 Å². The third-order valence-electron chi connectivity index (χ3n) is 5.19. The molecule has 1 aromatic carbocycles. The fraction of sp³-hybridized carbons (Fsp3) is 0.450. The molecule has 2 N–H and O–H groups in total. The molecule has 2 aromatic heterocycles. The second-order valence-corrected chi connectivity index (χ2v) is 7.01. The Morgan fingerprint density at radius 1 is 1.37 bits per heavy atom. The zero-order valence-electron chi connectivity index (χ0n) is 15.6. The average molecular weight is 368 g/mol. The van der Waals surface area contributed by atoms with Crippen molar-refractivity contribution in [3.05, 3.63) is 29.8 Å². The number of hydrogen-bond acceptors (Lipinski definition) is 6. The zero-order valence-corrected chi connectivity index (χ0v) is 15.6. The number of benzene rings is 1. The Balaban J connectivity index is 1.81. The lowest BCUT2D eigenvalue weighted by Crippen LogP contribution is -2.19. The molecule has 1 aliphatic rings. The average Bonchev–Trinajstić information content (AvgIpc) is 3.29. The normalized spacial score (nSPS) is 18.2. The van der Waals surface area contributed by atoms with E-state index in [9.17, 15) is 4.79 Å². The van der Waals surface area contributed by atoms with Crippen molar-refractivity contribution >= 4 is 34.0 Å². The first kappa shape index (κ1) is 17.7. The van der Waals surface area contributed by atoms with Gasteiger partial charge in [-0.2, -0.15) is 0 Å². The molecular formula is C20H24N4O3. The molecule has 0 bridgehead atoms. The number of nitrogens with two attached hydrogens (primary N) is 1. The van der Waals surface area contributed by atoms with Crippen LogP contribution >= 0.6 is 0 Å². The Bertz CT molecular complexity index is 992. The van der Waals surface area contributed by atoms with Crippen molar-refractivity contribution in [1.82, 2.24) is 14.5 Å². The molecule has 7 nitrogen and oxygen atoms in total. The van der Waals surface area contributed by atoms with Crippen LogP contribution in [0.25, 0.3) is 22.2 Å². The molecule has 2 atom stereocenters. The van der Waals surface area contributed by atoms with Crippen LogP contribution in [0.3, 0.4) is 0 Å². The van der Waals surface area contributed by atoms with Gasteiger partial charge in [0.1, 0.15) is 23.5 Å². The van der Waals surface area contributed by atoms with E-state index in [1.807, 2.05) is 35.8 Å². The molecule has 1 aliphatic heterocycles. The van der Waals surface area contributed by atoms with Crippen molar-refractivity contribution in [2.45, 2.75) is 45.3 Å². The summed E-state index contributed by atoms with van der Waals surface area (Å²) >= 11 is 0. The van der Waals surface area contributed by atoms with Crippen LogP contribution in [-0.4, -0.2) is 39.8 Å². The summed E-state index contributed by atoms with van der Waals surface area (Å²) in [5.41, 5.74) is 9.28. The van der Waals surface area contributed by atoms with E-state index in [-0.39, 0.29) is 18.8 Å². The highest BCUT2D eigenvalue weighted by Gasteiger charge is 2.28. The highest BCUT2D eigenvalue weighted by atomic mass is 16.6. The summed E-state index contributed by atoms with van der Waals surface area (Å²) in [6.07, 6.45) is 2.72. The highest BCUT2D eigenvalue weighted by Crippen LogP contribution is 2.32. The second kappa shape index (κ2) is 7.15. The van der Waals surface area contributed by atoms with Crippen molar-refractivity contribution in [3.8, 4) is 0 Å². The Labute approximate surface area is 157 Å². The Morgan fingerprint density at radius 3 is 2.78 bits per heavy atom. The molecular weight excluding hydrogens is 344 g/mol. The number of aromatic nitrogens is 3. The lowest BCUT2D eigenvalue weighted by molar-refractivity contribution is 0.0163. The number of nitrogens with zero attached hydrogens (tertiary/aromatic N) is 3. The minimum absolute atomic E-state index is 0.0370. The standard InChI is InChI=1S/C20H24N4O3/c1-3-12(2)24-18(21)16(20(25)27-11-13-7-6-10-26-13)17-19(24)23-15-9-5-4-8-14(15)22-17/h4-5,8-9,12-13H,3,6-7,10-11,21H2,1-2H3. The van der Waals surface area contributed by atoms with Gasteiger partial charge in [-0.3, -0.25) is 0 Å². The van der Waals surface area contributed by atoms with Crippen molar-refractivity contribution in [1.29, 1.82) is 0 Å². The van der Waals surface area contributed by atoms with Gasteiger partial charge in [0, 0.05) is 12.6 Å². The summed E-state index contributed by atoms with van der Waals surface area (Å²) in [5.74, 6) is -0.119. The van der Waals surface area contributed by atoms with Crippen LogP contribution < -0.4 is 5.73 Å². The Kier molecular flexibility index (Phi) is 4.70. The summed E-state index contributed by atoms with van der Waals surface area (Å²) in [4.78, 5) is 22.3. The van der Waals surface area contributed by atoms with E-state index >= 15 is 0 Å². The molecule has 0 amide bonds. The molecule has 7 heteroatoms. The highest BCUT2D eigenvalue weighted by molar-refractivity contribution is 6.08. The number of anilines is 1. The number of carbonyl (C=O) groups is 1. The molecule has 4 rings (SSSR count). The quantitative estimate of drug-likeness (QED) is 0.693. The first-order chi connectivity index (χ1) is 13.1. The summed E-state index contributed by atoms with van der Waals surface area (Å²) in [7, 11) is 0. The maximum Gasteiger partial charge on any atom is 0.344 e. The SMILES string of the molecule is CCC(C)n1c(N)c(C(=O)OCC2CCCO2)c2nc3ccccc3nc21. The minimum Gasteiger partial charge on any atom is -0.459 e. The second-order valence-electron chi connectivity index (χ2n) is 7.01. The molecule has 27 heavy (non-hydrogen) atoms. The van der Waals surface area contributed by atoms with Crippen molar-refractivity contribution in [3.63, 3.8) is 0 Å². The predicted octanol–water partition coefficient (Wildman–Crippen LogP) is 3.47. The molecule has 3 aromatic rings. The Hall–Kier alpha value is -2.67. The number of fused-ring (bicyclic) bond motifs is 2. The lowest BCUT2D eigenvalue weighted by Gasteiger charge is -2.14. The monoisotopic (exact) mass is 368 g/mol. The van der Waals surface area contributed by atoms with Gasteiger partial charge in [-0.25, -0.2) is 14.8 Å². The van der Waals surface area contributed by atoms with Gasteiger partial charge in [-0.15, -0.1) is 0 Å². The Morgan fingerprint density at radius 2 is 2.11 bits per heavy atom. The molecule has 2 unspecified atom stereocenters. The summed E-state index contributed by atoms with van der Waals surface area (Å²) in [6, 6.07) is 7.68. The number of carbonyl (C=O) groups excluding carboxylic acids is 1. The molecule has 142 valence electrons. The number of hydrogen-bond donors (Lipinski definition) is 1. The number of para-hydroxylation sites is 2. The van der Waals surface area contributed by atoms with Crippen LogP contribution in [0.5, 0.6) is 0 Å². The predicted molar refractivity (Wildman–Crippen MR) is 104 cm³/mol. The summed E-state index contributed by atoms with van der Waals surface area (Å²) < 4.78 is 12.9. The van der Waals surface area contributed by atoms with Gasteiger partial charge in [0.05, 0.1) is 17.1 Å². The number of rotatable bonds is 5. The van der Waals surface area contributed by atoms with Crippen LogP contribution in [0.4, 0.5) is 5.82 Å². The van der Waals surface area contributed by atoms with Crippen molar-refractivity contribution < 1.29 is 14.3 Å². The van der Waals surface area contributed by atoms with Gasteiger partial charge in [0.15, 0.2) is 5.65 Å². The smallest absolute Gasteiger partial charge is 0.344 e. The largest absolute Gasteiger partial charge is 0.459 e. The van der Waals surface area contributed by atoms with Crippen LogP contribution in [0.15, 0.2) is 24.3 Å². The fourth-order valence-corrected chi connectivity index (χ4v) is 3.53. The van der Waals surface area contributed by atoms with Crippen LogP contribution in [-0.2, 0) is 9.47 Å². The molecule has 1 fully saturated rings. The fourth-order valence-electron chi connectivity index (χ4n) is 3.53. The summed E-state index contributed by atoms with van der Waals surface area (Å²) in [6.45, 7) is 5.07. The number of esters is 1. The van der Waals surface area contributed by atoms with Gasteiger partial charge >= 0.3 is 5.97 Å². The van der Waals surface area contributed by atoms with Gasteiger partial charge < -0.3 is 19.8 Å². The van der Waals surface area contributed by atoms with Gasteiger partial charge in [0.2, 0.25) is 0 Å². The maximum atomic E-state index is 12.9. The van der Waals surface area contributed by atoms with E-state index in [1.165, 1.54) is 0 Å². The number of nitrogen functional groups attached to an aromatic ring is 1. The topological polar surface area (TPSA) is 92.3 Å². The van der Waals surface area contributed by atoms with Gasteiger partial charge in [-0.1, -0.05) is 19.1 Å². The molecule has 1 saturated heterocycles. The van der Waals surface area contributed by atoms with E-state index in [0.717, 1.165) is 36.9 Å². The molecule has 0 saturated carbocycles.